The number of azo groups is 1. The molecule has 2 aromatic rings. The molecule has 20 heavy (non-hydrogen) atoms. The first-order chi connectivity index (χ1) is 9.69. The van der Waals surface area contributed by atoms with E-state index >= 15 is 0 Å². The summed E-state index contributed by atoms with van der Waals surface area (Å²) in [6.45, 7) is 0.425. The lowest BCUT2D eigenvalue weighted by molar-refractivity contribution is -0.384. The lowest BCUT2D eigenvalue weighted by Gasteiger charge is -2.00. The Kier molecular flexibility index (Phi) is 4.39. The fourth-order valence-electron chi connectivity index (χ4n) is 1.61. The zero-order valence-corrected chi connectivity index (χ0v) is 10.9. The maximum atomic E-state index is 10.5. The third kappa shape index (κ3) is 3.61. The summed E-state index contributed by atoms with van der Waals surface area (Å²) in [5, 5.41) is 18.6. The zero-order valence-electron chi connectivity index (χ0n) is 10.9. The zero-order chi connectivity index (χ0) is 14.4. The molecule has 102 valence electrons. The van der Waals surface area contributed by atoms with Crippen LogP contribution in [0.1, 0.15) is 5.56 Å². The summed E-state index contributed by atoms with van der Waals surface area (Å²) < 4.78 is 5.12. The largest absolute Gasteiger partial charge is 0.497 e. The number of benzene rings is 2. The monoisotopic (exact) mass is 271 g/mol. The van der Waals surface area contributed by atoms with Gasteiger partial charge in [0.1, 0.15) is 5.75 Å². The van der Waals surface area contributed by atoms with Crippen LogP contribution in [0.15, 0.2) is 58.8 Å². The van der Waals surface area contributed by atoms with Crippen LogP contribution in [0.5, 0.6) is 5.75 Å². The fraction of sp³-hybridized carbons (Fsp3) is 0.143. The Labute approximate surface area is 115 Å². The van der Waals surface area contributed by atoms with Gasteiger partial charge < -0.3 is 4.74 Å². The summed E-state index contributed by atoms with van der Waals surface area (Å²) in [6, 6.07) is 13.5. The molecule has 0 radical (unpaired) electrons. The third-order valence-electron chi connectivity index (χ3n) is 2.63. The average molecular weight is 271 g/mol. The number of hydrogen-bond donors (Lipinski definition) is 0. The van der Waals surface area contributed by atoms with E-state index in [9.17, 15) is 10.1 Å². The number of nitro groups is 1. The van der Waals surface area contributed by atoms with Gasteiger partial charge in [-0.15, -0.1) is 0 Å². The highest BCUT2D eigenvalue weighted by Gasteiger charge is 2.02. The summed E-state index contributed by atoms with van der Waals surface area (Å²) in [5.74, 6) is 0.771. The van der Waals surface area contributed by atoms with Crippen molar-refractivity contribution in [2.24, 2.45) is 10.2 Å². The first kappa shape index (κ1) is 13.7. The van der Waals surface area contributed by atoms with Crippen LogP contribution < -0.4 is 4.74 Å². The number of non-ortho nitro benzene ring substituents is 1. The van der Waals surface area contributed by atoms with Gasteiger partial charge in [-0.3, -0.25) is 10.1 Å². The molecule has 0 saturated heterocycles. The summed E-state index contributed by atoms with van der Waals surface area (Å²) >= 11 is 0. The Bertz CT molecular complexity index is 624. The molecule has 6 nitrogen and oxygen atoms in total. The number of nitro benzene ring substituents is 1. The second kappa shape index (κ2) is 6.42. The van der Waals surface area contributed by atoms with Crippen molar-refractivity contribution in [2.45, 2.75) is 6.54 Å². The van der Waals surface area contributed by atoms with Crippen molar-refractivity contribution in [3.05, 3.63) is 64.2 Å². The Morgan fingerprint density at radius 1 is 1.20 bits per heavy atom. The second-order valence-electron chi connectivity index (χ2n) is 4.02. The highest BCUT2D eigenvalue weighted by molar-refractivity contribution is 5.43. The van der Waals surface area contributed by atoms with E-state index in [2.05, 4.69) is 10.2 Å². The van der Waals surface area contributed by atoms with Crippen LogP contribution in [0.4, 0.5) is 11.4 Å². The number of hydrogen-bond acceptors (Lipinski definition) is 5. The highest BCUT2D eigenvalue weighted by atomic mass is 16.6. The van der Waals surface area contributed by atoms with Gasteiger partial charge in [-0.1, -0.05) is 12.1 Å². The molecule has 0 unspecified atom stereocenters. The van der Waals surface area contributed by atoms with Crippen molar-refractivity contribution < 1.29 is 9.66 Å². The van der Waals surface area contributed by atoms with Crippen LogP contribution in [0, 0.1) is 10.1 Å². The number of nitrogens with zero attached hydrogens (tertiary/aromatic N) is 3. The van der Waals surface area contributed by atoms with Gasteiger partial charge in [0.15, 0.2) is 0 Å². The molecule has 0 aliphatic carbocycles. The van der Waals surface area contributed by atoms with Crippen LogP contribution in [-0.2, 0) is 6.54 Å². The molecule has 0 aromatic heterocycles. The molecule has 0 heterocycles. The van der Waals surface area contributed by atoms with Gasteiger partial charge in [0.2, 0.25) is 0 Å². The predicted molar refractivity (Wildman–Crippen MR) is 74.3 cm³/mol. The standard InChI is InChI=1S/C14H13N3O3/c1-20-14-4-2-3-11(9-14)10-15-16-12-5-7-13(8-6-12)17(18)19/h2-9H,10H2,1H3. The first-order valence-corrected chi connectivity index (χ1v) is 5.94. The minimum Gasteiger partial charge on any atom is -0.497 e. The van der Waals surface area contributed by atoms with E-state index in [1.165, 1.54) is 12.1 Å². The number of methoxy groups -OCH3 is 1. The van der Waals surface area contributed by atoms with Crippen molar-refractivity contribution in [1.82, 2.24) is 0 Å². The lowest BCUT2D eigenvalue weighted by atomic mass is 10.2. The van der Waals surface area contributed by atoms with Crippen molar-refractivity contribution in [3.8, 4) is 5.75 Å². The Hall–Kier alpha value is -2.76. The lowest BCUT2D eigenvalue weighted by Crippen LogP contribution is -1.86. The van der Waals surface area contributed by atoms with E-state index in [-0.39, 0.29) is 5.69 Å². The smallest absolute Gasteiger partial charge is 0.269 e. The first-order valence-electron chi connectivity index (χ1n) is 5.94. The molecule has 0 aliphatic rings. The van der Waals surface area contributed by atoms with Gasteiger partial charge >= 0.3 is 0 Å². The number of rotatable bonds is 5. The van der Waals surface area contributed by atoms with E-state index in [4.69, 9.17) is 4.74 Å². The quantitative estimate of drug-likeness (QED) is 0.470. The average Bonchev–Trinajstić information content (AvgIpc) is 2.48. The minimum atomic E-state index is -0.447. The van der Waals surface area contributed by atoms with Crippen LogP contribution in [0.2, 0.25) is 0 Å². The third-order valence-corrected chi connectivity index (χ3v) is 2.63. The molecule has 6 heteroatoms. The molecule has 0 atom stereocenters. The maximum Gasteiger partial charge on any atom is 0.269 e. The highest BCUT2D eigenvalue weighted by Crippen LogP contribution is 2.19. The van der Waals surface area contributed by atoms with E-state index in [0.717, 1.165) is 11.3 Å². The fourth-order valence-corrected chi connectivity index (χ4v) is 1.61. The van der Waals surface area contributed by atoms with E-state index < -0.39 is 4.92 Å². The van der Waals surface area contributed by atoms with Gasteiger partial charge in [0.05, 0.1) is 24.3 Å². The van der Waals surface area contributed by atoms with Crippen LogP contribution in [-0.4, -0.2) is 12.0 Å². The summed E-state index contributed by atoms with van der Waals surface area (Å²) in [4.78, 5) is 10.1. The molecule has 2 aromatic carbocycles. The SMILES string of the molecule is COc1cccc(CN=Nc2ccc([N+](=O)[O-])cc2)c1. The van der Waals surface area contributed by atoms with Crippen molar-refractivity contribution in [2.75, 3.05) is 7.11 Å². The Balaban J connectivity index is 2.00. The van der Waals surface area contributed by atoms with Crippen molar-refractivity contribution >= 4 is 11.4 Å². The summed E-state index contributed by atoms with van der Waals surface area (Å²) in [6.07, 6.45) is 0. The molecule has 0 spiro atoms. The van der Waals surface area contributed by atoms with Crippen LogP contribution in [0.3, 0.4) is 0 Å². The topological polar surface area (TPSA) is 77.1 Å². The second-order valence-corrected chi connectivity index (χ2v) is 4.02. The molecular weight excluding hydrogens is 258 g/mol. The van der Waals surface area contributed by atoms with Gasteiger partial charge in [-0.25, -0.2) is 0 Å². The van der Waals surface area contributed by atoms with Gasteiger partial charge in [-0.2, -0.15) is 10.2 Å². The molecule has 0 aliphatic heterocycles. The normalized spacial score (nSPS) is 10.7. The van der Waals surface area contributed by atoms with Crippen molar-refractivity contribution in [3.63, 3.8) is 0 Å². The molecule has 0 fully saturated rings. The number of ether oxygens (including phenoxy) is 1. The summed E-state index contributed by atoms with van der Waals surface area (Å²) in [7, 11) is 1.61. The van der Waals surface area contributed by atoms with Gasteiger partial charge in [-0.05, 0) is 29.8 Å². The summed E-state index contributed by atoms with van der Waals surface area (Å²) in [5.41, 5.74) is 1.60. The van der Waals surface area contributed by atoms with Crippen LogP contribution >= 0.6 is 0 Å². The molecule has 2 rings (SSSR count). The maximum absolute atomic E-state index is 10.5. The van der Waals surface area contributed by atoms with Gasteiger partial charge in [0.25, 0.3) is 5.69 Å². The van der Waals surface area contributed by atoms with Crippen molar-refractivity contribution in [1.29, 1.82) is 0 Å². The van der Waals surface area contributed by atoms with E-state index in [1.807, 2.05) is 24.3 Å². The molecule has 0 bridgehead atoms. The Morgan fingerprint density at radius 3 is 2.60 bits per heavy atom. The molecule has 0 saturated carbocycles. The van der Waals surface area contributed by atoms with E-state index in [0.29, 0.717) is 12.2 Å². The predicted octanol–water partition coefficient (Wildman–Crippen LogP) is 3.89. The minimum absolute atomic E-state index is 0.0387. The van der Waals surface area contributed by atoms with Gasteiger partial charge in [0, 0.05) is 12.1 Å². The molecule has 0 amide bonds. The molecule has 0 N–H and O–H groups in total. The Morgan fingerprint density at radius 2 is 1.95 bits per heavy atom. The van der Waals surface area contributed by atoms with E-state index in [1.54, 1.807) is 19.2 Å². The molecular formula is C14H13N3O3. The van der Waals surface area contributed by atoms with Crippen LogP contribution in [0.25, 0.3) is 0 Å².